The number of anilines is 1. The lowest BCUT2D eigenvalue weighted by Crippen LogP contribution is -2.21. The molecule has 0 unspecified atom stereocenters. The van der Waals surface area contributed by atoms with Gasteiger partial charge in [0.15, 0.2) is 0 Å². The largest absolute Gasteiger partial charge is 0.477 e. The van der Waals surface area contributed by atoms with Gasteiger partial charge >= 0.3 is 5.97 Å². The molecule has 0 amide bonds. The summed E-state index contributed by atoms with van der Waals surface area (Å²) < 4.78 is 0. The molecule has 1 aromatic carbocycles. The number of hydrogen-bond acceptors (Lipinski definition) is 5. The molecule has 2 rings (SSSR count). The van der Waals surface area contributed by atoms with E-state index in [0.29, 0.717) is 5.16 Å². The SMILES string of the molecule is CCc1nc(S/C(=C/c2ccc(N(CC)CC)cc2)C(=O)O)n[nH]1. The predicted molar refractivity (Wildman–Crippen MR) is 97.2 cm³/mol. The van der Waals surface area contributed by atoms with Crippen LogP contribution in [-0.2, 0) is 11.2 Å². The van der Waals surface area contributed by atoms with Crippen LogP contribution >= 0.6 is 11.8 Å². The summed E-state index contributed by atoms with van der Waals surface area (Å²) in [4.78, 5) is 18.2. The van der Waals surface area contributed by atoms with Crippen molar-refractivity contribution in [2.75, 3.05) is 18.0 Å². The number of carbonyl (C=O) groups is 1. The zero-order chi connectivity index (χ0) is 17.5. The van der Waals surface area contributed by atoms with Gasteiger partial charge in [-0.05, 0) is 49.4 Å². The summed E-state index contributed by atoms with van der Waals surface area (Å²) in [5, 5.41) is 16.6. The average molecular weight is 346 g/mol. The third kappa shape index (κ3) is 4.61. The van der Waals surface area contributed by atoms with Crippen LogP contribution < -0.4 is 4.90 Å². The molecule has 0 saturated heterocycles. The standard InChI is InChI=1S/C17H22N4O2S/c1-4-15-18-17(20-19-15)24-14(16(22)23)11-12-7-9-13(10-8-12)21(5-2)6-3/h7-11H,4-6H2,1-3H3,(H,22,23)(H,18,19,20)/b14-11+. The van der Waals surface area contributed by atoms with Gasteiger partial charge in [-0.3, -0.25) is 5.10 Å². The number of aliphatic carboxylic acids is 1. The fourth-order valence-corrected chi connectivity index (χ4v) is 2.96. The monoisotopic (exact) mass is 346 g/mol. The highest BCUT2D eigenvalue weighted by Gasteiger charge is 2.13. The van der Waals surface area contributed by atoms with E-state index >= 15 is 0 Å². The van der Waals surface area contributed by atoms with Crippen LogP contribution in [0.25, 0.3) is 6.08 Å². The number of benzene rings is 1. The van der Waals surface area contributed by atoms with Crippen molar-refractivity contribution in [1.82, 2.24) is 15.2 Å². The number of aromatic nitrogens is 3. The van der Waals surface area contributed by atoms with Crippen molar-refractivity contribution >= 4 is 29.5 Å². The van der Waals surface area contributed by atoms with Gasteiger partial charge in [-0.2, -0.15) is 0 Å². The summed E-state index contributed by atoms with van der Waals surface area (Å²) in [5.41, 5.74) is 1.96. The van der Waals surface area contributed by atoms with E-state index in [1.54, 1.807) is 6.08 Å². The highest BCUT2D eigenvalue weighted by Crippen LogP contribution is 2.26. The number of carboxylic acid groups (broad SMARTS) is 1. The Morgan fingerprint density at radius 3 is 2.42 bits per heavy atom. The number of nitrogens with one attached hydrogen (secondary N) is 1. The molecule has 1 aromatic heterocycles. The molecule has 0 aliphatic carbocycles. The molecule has 0 bridgehead atoms. The lowest BCUT2D eigenvalue weighted by molar-refractivity contribution is -0.131. The molecule has 0 aliphatic heterocycles. The smallest absolute Gasteiger partial charge is 0.342 e. The second-order valence-corrected chi connectivity index (χ2v) is 6.11. The first kappa shape index (κ1) is 18.1. The number of aryl methyl sites for hydroxylation is 1. The lowest BCUT2D eigenvalue weighted by Gasteiger charge is -2.20. The minimum atomic E-state index is -0.990. The topological polar surface area (TPSA) is 82.1 Å². The van der Waals surface area contributed by atoms with Crippen LogP contribution in [0.15, 0.2) is 34.3 Å². The number of hydrogen-bond donors (Lipinski definition) is 2. The van der Waals surface area contributed by atoms with Crippen LogP contribution in [0.3, 0.4) is 0 Å². The molecule has 2 N–H and O–H groups in total. The molecular formula is C17H22N4O2S. The molecule has 0 atom stereocenters. The normalized spacial score (nSPS) is 11.5. The van der Waals surface area contributed by atoms with Crippen LogP contribution in [0, 0.1) is 0 Å². The zero-order valence-corrected chi connectivity index (χ0v) is 14.9. The van der Waals surface area contributed by atoms with Crippen molar-refractivity contribution in [3.8, 4) is 0 Å². The van der Waals surface area contributed by atoms with Gasteiger partial charge in [0, 0.05) is 25.2 Å². The number of thioether (sulfide) groups is 1. The molecule has 0 fully saturated rings. The van der Waals surface area contributed by atoms with Crippen molar-refractivity contribution in [1.29, 1.82) is 0 Å². The van der Waals surface area contributed by atoms with E-state index in [9.17, 15) is 9.90 Å². The first-order valence-electron chi connectivity index (χ1n) is 7.96. The Kier molecular flexibility index (Phi) is 6.43. The summed E-state index contributed by atoms with van der Waals surface area (Å²) >= 11 is 1.05. The Balaban J connectivity index is 2.19. The van der Waals surface area contributed by atoms with Gasteiger partial charge in [-0.15, -0.1) is 5.10 Å². The quantitative estimate of drug-likeness (QED) is 0.563. The Labute approximate surface area is 146 Å². The molecule has 24 heavy (non-hydrogen) atoms. The van der Waals surface area contributed by atoms with Crippen LogP contribution in [0.1, 0.15) is 32.2 Å². The molecule has 7 heteroatoms. The Morgan fingerprint density at radius 2 is 1.92 bits per heavy atom. The third-order valence-corrected chi connectivity index (χ3v) is 4.46. The van der Waals surface area contributed by atoms with E-state index < -0.39 is 5.97 Å². The fourth-order valence-electron chi connectivity index (χ4n) is 2.24. The molecule has 6 nitrogen and oxygen atoms in total. The number of aromatic amines is 1. The molecular weight excluding hydrogens is 324 g/mol. The van der Waals surface area contributed by atoms with Crippen molar-refractivity contribution in [3.05, 3.63) is 40.6 Å². The van der Waals surface area contributed by atoms with Crippen LogP contribution in [0.2, 0.25) is 0 Å². The molecule has 0 spiro atoms. The minimum Gasteiger partial charge on any atom is -0.477 e. The van der Waals surface area contributed by atoms with Gasteiger partial charge in [0.25, 0.3) is 0 Å². The second kappa shape index (κ2) is 8.54. The molecule has 0 saturated carbocycles. The predicted octanol–water partition coefficient (Wildman–Crippen LogP) is 3.43. The maximum Gasteiger partial charge on any atom is 0.342 e. The Bertz CT molecular complexity index is 706. The molecule has 1 heterocycles. The first-order chi connectivity index (χ1) is 11.6. The van der Waals surface area contributed by atoms with Crippen molar-refractivity contribution < 1.29 is 9.90 Å². The minimum absolute atomic E-state index is 0.187. The van der Waals surface area contributed by atoms with Gasteiger partial charge in [0.2, 0.25) is 5.16 Å². The molecule has 0 aliphatic rings. The Hall–Kier alpha value is -2.28. The summed E-state index contributed by atoms with van der Waals surface area (Å²) in [6.07, 6.45) is 2.37. The van der Waals surface area contributed by atoms with Gasteiger partial charge in [0.1, 0.15) is 10.7 Å². The molecule has 128 valence electrons. The van der Waals surface area contributed by atoms with Gasteiger partial charge in [-0.1, -0.05) is 19.1 Å². The highest BCUT2D eigenvalue weighted by atomic mass is 32.2. The van der Waals surface area contributed by atoms with Crippen LogP contribution in [-0.4, -0.2) is 39.3 Å². The molecule has 2 aromatic rings. The maximum absolute atomic E-state index is 11.5. The average Bonchev–Trinajstić information content (AvgIpc) is 3.04. The van der Waals surface area contributed by atoms with Gasteiger partial charge < -0.3 is 10.0 Å². The van der Waals surface area contributed by atoms with Crippen LogP contribution in [0.4, 0.5) is 5.69 Å². The van der Waals surface area contributed by atoms with E-state index in [4.69, 9.17) is 0 Å². The Morgan fingerprint density at radius 1 is 1.25 bits per heavy atom. The summed E-state index contributed by atoms with van der Waals surface area (Å²) in [6.45, 7) is 8.05. The van der Waals surface area contributed by atoms with E-state index in [2.05, 4.69) is 33.9 Å². The highest BCUT2D eigenvalue weighted by molar-refractivity contribution is 8.04. The van der Waals surface area contributed by atoms with Crippen molar-refractivity contribution in [2.45, 2.75) is 32.3 Å². The lowest BCUT2D eigenvalue weighted by atomic mass is 10.2. The van der Waals surface area contributed by atoms with E-state index in [0.717, 1.165) is 48.3 Å². The van der Waals surface area contributed by atoms with E-state index in [1.807, 2.05) is 31.2 Å². The maximum atomic E-state index is 11.5. The van der Waals surface area contributed by atoms with Crippen molar-refractivity contribution in [2.24, 2.45) is 0 Å². The first-order valence-corrected chi connectivity index (χ1v) is 8.78. The number of carboxylic acids is 1. The van der Waals surface area contributed by atoms with E-state index in [1.165, 1.54) is 0 Å². The van der Waals surface area contributed by atoms with Crippen molar-refractivity contribution in [3.63, 3.8) is 0 Å². The summed E-state index contributed by atoms with van der Waals surface area (Å²) in [7, 11) is 0. The molecule has 0 radical (unpaired) electrons. The number of nitrogens with zero attached hydrogens (tertiary/aromatic N) is 3. The van der Waals surface area contributed by atoms with Gasteiger partial charge in [-0.25, -0.2) is 9.78 Å². The van der Waals surface area contributed by atoms with E-state index in [-0.39, 0.29) is 4.91 Å². The summed E-state index contributed by atoms with van der Waals surface area (Å²) in [5.74, 6) is -0.249. The zero-order valence-electron chi connectivity index (χ0n) is 14.1. The van der Waals surface area contributed by atoms with Gasteiger partial charge in [0.05, 0.1) is 0 Å². The van der Waals surface area contributed by atoms with Crippen LogP contribution in [0.5, 0.6) is 0 Å². The second-order valence-electron chi connectivity index (χ2n) is 5.10. The number of rotatable bonds is 8. The summed E-state index contributed by atoms with van der Waals surface area (Å²) in [6, 6.07) is 7.86. The third-order valence-electron chi connectivity index (χ3n) is 3.58. The number of H-pyrrole nitrogens is 1. The fraction of sp³-hybridized carbons (Fsp3) is 0.353.